The highest BCUT2D eigenvalue weighted by Crippen LogP contribution is 2.38. The van der Waals surface area contributed by atoms with E-state index in [0.29, 0.717) is 13.2 Å². The van der Waals surface area contributed by atoms with Crippen LogP contribution >= 0.6 is 0 Å². The predicted molar refractivity (Wildman–Crippen MR) is 150 cm³/mol. The first-order chi connectivity index (χ1) is 16.4. The summed E-state index contributed by atoms with van der Waals surface area (Å²) in [5, 5.41) is 5.90. The van der Waals surface area contributed by atoms with E-state index in [2.05, 4.69) is 95.3 Å². The summed E-state index contributed by atoms with van der Waals surface area (Å²) < 4.78 is 6.22. The molecule has 0 saturated carbocycles. The van der Waals surface area contributed by atoms with Gasteiger partial charge in [-0.15, -0.1) is 0 Å². The molecule has 194 valence electrons. The smallest absolute Gasteiger partial charge is 0.319 e. The highest BCUT2D eigenvalue weighted by atomic mass is 16.5. The number of rotatable bonds is 12. The molecule has 0 aromatic heterocycles. The van der Waals surface area contributed by atoms with Gasteiger partial charge in [-0.2, -0.15) is 0 Å². The molecule has 35 heavy (non-hydrogen) atoms. The summed E-state index contributed by atoms with van der Waals surface area (Å²) >= 11 is 0. The summed E-state index contributed by atoms with van der Waals surface area (Å²) in [6, 6.07) is 12.6. The maximum Gasteiger partial charge on any atom is 0.319 e. The van der Waals surface area contributed by atoms with Gasteiger partial charge in [0.15, 0.2) is 0 Å². The molecule has 0 aliphatic rings. The minimum atomic E-state index is -0.191. The average Bonchev–Trinajstić information content (AvgIpc) is 2.84. The van der Waals surface area contributed by atoms with Crippen molar-refractivity contribution in [2.45, 2.75) is 85.5 Å². The molecule has 0 fully saturated rings. The normalized spacial score (nSPS) is 11.8. The standard InChI is InChI=1S/C30H47N3O2/c1-10-29(5,6)23-14-17-27(25(21-23)30(7,8)11-2)35-19-13-18-31-28(34)32-26-16-15-24(20-22(26)4)33(9)12-3/h14-17,20-21H,10-13,18-19H2,1-9H3,(H2,31,32,34). The zero-order valence-corrected chi connectivity index (χ0v) is 23.5. The quantitative estimate of drug-likeness (QED) is 0.310. The number of urea groups is 1. The molecule has 5 heteroatoms. The van der Waals surface area contributed by atoms with E-state index in [4.69, 9.17) is 4.74 Å². The summed E-state index contributed by atoms with van der Waals surface area (Å²) in [6.07, 6.45) is 2.86. The topological polar surface area (TPSA) is 53.6 Å². The maximum absolute atomic E-state index is 12.4. The van der Waals surface area contributed by atoms with E-state index in [1.54, 1.807) is 0 Å². The monoisotopic (exact) mass is 481 g/mol. The summed E-state index contributed by atoms with van der Waals surface area (Å²) in [5.74, 6) is 0.949. The molecular formula is C30H47N3O2. The molecule has 0 unspecified atom stereocenters. The number of amides is 2. The molecule has 2 amide bonds. The van der Waals surface area contributed by atoms with Gasteiger partial charge in [-0.25, -0.2) is 4.79 Å². The number of anilines is 2. The van der Waals surface area contributed by atoms with Crippen LogP contribution in [0.2, 0.25) is 0 Å². The van der Waals surface area contributed by atoms with Crippen molar-refractivity contribution in [3.05, 3.63) is 53.1 Å². The molecule has 5 nitrogen and oxygen atoms in total. The molecule has 0 bridgehead atoms. The van der Waals surface area contributed by atoms with Gasteiger partial charge in [0.25, 0.3) is 0 Å². The first-order valence-corrected chi connectivity index (χ1v) is 13.1. The summed E-state index contributed by atoms with van der Waals surface area (Å²) in [6.45, 7) is 19.8. The lowest BCUT2D eigenvalue weighted by Gasteiger charge is -2.30. The maximum atomic E-state index is 12.4. The number of hydrogen-bond acceptors (Lipinski definition) is 3. The Morgan fingerprint density at radius 3 is 2.26 bits per heavy atom. The third kappa shape index (κ3) is 7.65. The zero-order valence-electron chi connectivity index (χ0n) is 23.5. The highest BCUT2D eigenvalue weighted by molar-refractivity contribution is 5.90. The van der Waals surface area contributed by atoms with Crippen molar-refractivity contribution < 1.29 is 9.53 Å². The number of benzene rings is 2. The van der Waals surface area contributed by atoms with Gasteiger partial charge in [0.1, 0.15) is 5.75 Å². The van der Waals surface area contributed by atoms with Crippen LogP contribution in [0.15, 0.2) is 36.4 Å². The van der Waals surface area contributed by atoms with Gasteiger partial charge in [-0.1, -0.05) is 53.7 Å². The van der Waals surface area contributed by atoms with Crippen molar-refractivity contribution in [3.63, 3.8) is 0 Å². The lowest BCUT2D eigenvalue weighted by Crippen LogP contribution is -2.30. The first-order valence-electron chi connectivity index (χ1n) is 13.1. The van der Waals surface area contributed by atoms with Crippen LogP contribution in [0.1, 0.15) is 84.4 Å². The molecule has 0 aliphatic carbocycles. The Morgan fingerprint density at radius 1 is 0.971 bits per heavy atom. The third-order valence-electron chi connectivity index (χ3n) is 7.50. The Hall–Kier alpha value is -2.69. The molecule has 0 spiro atoms. The molecule has 0 saturated heterocycles. The van der Waals surface area contributed by atoms with Crippen LogP contribution in [0.25, 0.3) is 0 Å². The number of aryl methyl sites for hydroxylation is 1. The van der Waals surface area contributed by atoms with E-state index in [0.717, 1.165) is 48.5 Å². The number of nitrogens with zero attached hydrogens (tertiary/aromatic N) is 1. The van der Waals surface area contributed by atoms with Crippen molar-refractivity contribution >= 4 is 17.4 Å². The Bertz CT molecular complexity index is 982. The van der Waals surface area contributed by atoms with Gasteiger partial charge in [-0.05, 0) is 79.3 Å². The summed E-state index contributed by atoms with van der Waals surface area (Å²) in [4.78, 5) is 14.6. The van der Waals surface area contributed by atoms with Crippen molar-refractivity contribution in [1.82, 2.24) is 5.32 Å². The first kappa shape index (κ1) is 28.5. The third-order valence-corrected chi connectivity index (χ3v) is 7.50. The lowest BCUT2D eigenvalue weighted by atomic mass is 9.76. The number of hydrogen-bond donors (Lipinski definition) is 2. The van der Waals surface area contributed by atoms with E-state index < -0.39 is 0 Å². The summed E-state index contributed by atoms with van der Waals surface area (Å²) in [5.41, 5.74) is 5.80. The van der Waals surface area contributed by atoms with Crippen LogP contribution in [-0.4, -0.2) is 32.8 Å². The van der Waals surface area contributed by atoms with Crippen molar-refractivity contribution in [2.75, 3.05) is 37.0 Å². The van der Waals surface area contributed by atoms with Crippen LogP contribution < -0.4 is 20.3 Å². The van der Waals surface area contributed by atoms with Crippen LogP contribution in [0, 0.1) is 6.92 Å². The van der Waals surface area contributed by atoms with Crippen LogP contribution in [0.5, 0.6) is 5.75 Å². The number of carbonyl (C=O) groups is 1. The van der Waals surface area contributed by atoms with Gasteiger partial charge in [0.05, 0.1) is 6.61 Å². The van der Waals surface area contributed by atoms with Crippen molar-refractivity contribution in [3.8, 4) is 5.75 Å². The highest BCUT2D eigenvalue weighted by Gasteiger charge is 2.26. The Labute approximate surface area is 213 Å². The van der Waals surface area contributed by atoms with E-state index in [1.807, 2.05) is 19.1 Å². The van der Waals surface area contributed by atoms with Crippen LogP contribution in [0.4, 0.5) is 16.2 Å². The molecule has 2 rings (SSSR count). The van der Waals surface area contributed by atoms with E-state index in [-0.39, 0.29) is 16.9 Å². The molecular weight excluding hydrogens is 434 g/mol. The second kappa shape index (κ2) is 12.3. The molecule has 0 radical (unpaired) electrons. The minimum Gasteiger partial charge on any atom is -0.493 e. The average molecular weight is 482 g/mol. The Kier molecular flexibility index (Phi) is 10.1. The molecule has 0 heterocycles. The molecule has 2 N–H and O–H groups in total. The Morgan fingerprint density at radius 2 is 1.66 bits per heavy atom. The Balaban J connectivity index is 1.92. The molecule has 2 aromatic rings. The SMILES string of the molecule is CCN(C)c1ccc(NC(=O)NCCCOc2ccc(C(C)(C)CC)cc2C(C)(C)CC)c(C)c1. The van der Waals surface area contributed by atoms with Gasteiger partial charge < -0.3 is 20.3 Å². The van der Waals surface area contributed by atoms with Gasteiger partial charge >= 0.3 is 6.03 Å². The zero-order chi connectivity index (χ0) is 26.2. The predicted octanol–water partition coefficient (Wildman–Crippen LogP) is 7.42. The lowest BCUT2D eigenvalue weighted by molar-refractivity contribution is 0.250. The van der Waals surface area contributed by atoms with Crippen molar-refractivity contribution in [1.29, 1.82) is 0 Å². The van der Waals surface area contributed by atoms with Crippen LogP contribution in [0.3, 0.4) is 0 Å². The van der Waals surface area contributed by atoms with Gasteiger partial charge in [-0.3, -0.25) is 0 Å². The fraction of sp³-hybridized carbons (Fsp3) is 0.567. The molecule has 2 aromatic carbocycles. The second-order valence-corrected chi connectivity index (χ2v) is 10.8. The minimum absolute atomic E-state index is 0.0344. The van der Waals surface area contributed by atoms with Gasteiger partial charge in [0.2, 0.25) is 0 Å². The molecule has 0 aliphatic heterocycles. The molecule has 0 atom stereocenters. The fourth-order valence-electron chi connectivity index (χ4n) is 3.83. The van der Waals surface area contributed by atoms with Crippen molar-refractivity contribution in [2.24, 2.45) is 0 Å². The van der Waals surface area contributed by atoms with Crippen LogP contribution in [-0.2, 0) is 10.8 Å². The fourth-order valence-corrected chi connectivity index (χ4v) is 3.83. The number of ether oxygens (including phenoxy) is 1. The second-order valence-electron chi connectivity index (χ2n) is 10.8. The van der Waals surface area contributed by atoms with E-state index >= 15 is 0 Å². The van der Waals surface area contributed by atoms with E-state index in [1.165, 1.54) is 11.1 Å². The van der Waals surface area contributed by atoms with Gasteiger partial charge in [0, 0.05) is 37.1 Å². The number of nitrogens with one attached hydrogen (secondary N) is 2. The summed E-state index contributed by atoms with van der Waals surface area (Å²) in [7, 11) is 2.06. The van der Waals surface area contributed by atoms with E-state index in [9.17, 15) is 4.79 Å². The largest absolute Gasteiger partial charge is 0.493 e. The number of carbonyl (C=O) groups excluding carboxylic acids is 1.